The molecule has 1 aromatic heterocycles. The second-order valence-corrected chi connectivity index (χ2v) is 4.40. The monoisotopic (exact) mass is 293 g/mol. The van der Waals surface area contributed by atoms with Gasteiger partial charge in [0.05, 0.1) is 6.61 Å². The van der Waals surface area contributed by atoms with Crippen molar-refractivity contribution in [1.29, 1.82) is 0 Å². The summed E-state index contributed by atoms with van der Waals surface area (Å²) in [4.78, 5) is 15.0. The van der Waals surface area contributed by atoms with E-state index in [1.165, 1.54) is 6.07 Å². The van der Waals surface area contributed by atoms with Crippen molar-refractivity contribution in [1.82, 2.24) is 9.55 Å². The lowest BCUT2D eigenvalue weighted by Crippen LogP contribution is -2.52. The summed E-state index contributed by atoms with van der Waals surface area (Å²) in [5.74, 6) is -0.0958. The van der Waals surface area contributed by atoms with E-state index in [1.807, 2.05) is 0 Å². The number of aliphatic hydroxyl groups is 3. The average Bonchev–Trinajstić information content (AvgIpc) is 2.64. The average molecular weight is 293 g/mol. The molecule has 5 N–H and O–H groups in total. The summed E-state index contributed by atoms with van der Waals surface area (Å²) in [7, 11) is 0. The van der Waals surface area contributed by atoms with Crippen LogP contribution in [-0.4, -0.2) is 55.7 Å². The Hall–Kier alpha value is -1.62. The third-order valence-electron chi connectivity index (χ3n) is 3.20. The van der Waals surface area contributed by atoms with Crippen LogP contribution in [0.15, 0.2) is 17.1 Å². The number of nitrogens with two attached hydrogens (primary N) is 1. The molecule has 0 saturated carbocycles. The Balaban J connectivity index is 2.42. The molecule has 0 aromatic carbocycles. The smallest absolute Gasteiger partial charge is 0.351 e. The number of nitrogens with zero attached hydrogens (tertiary/aromatic N) is 2. The first kappa shape index (κ1) is 14.8. The van der Waals surface area contributed by atoms with Gasteiger partial charge in [-0.2, -0.15) is 4.98 Å². The molecule has 10 heteroatoms. The number of ether oxygens (including phenoxy) is 1. The second-order valence-electron chi connectivity index (χ2n) is 4.40. The molecule has 1 saturated heterocycles. The molecule has 8 nitrogen and oxygen atoms in total. The number of alkyl halides is 2. The summed E-state index contributed by atoms with van der Waals surface area (Å²) in [6, 6.07) is 1.20. The lowest BCUT2D eigenvalue weighted by molar-refractivity contribution is -0.195. The first-order valence-corrected chi connectivity index (χ1v) is 5.61. The van der Waals surface area contributed by atoms with E-state index in [2.05, 4.69) is 4.98 Å². The Bertz CT molecular complexity index is 554. The minimum Gasteiger partial charge on any atom is -0.393 e. The van der Waals surface area contributed by atoms with Crippen molar-refractivity contribution in [2.24, 2.45) is 0 Å². The van der Waals surface area contributed by atoms with Crippen LogP contribution in [-0.2, 0) is 4.74 Å². The fourth-order valence-electron chi connectivity index (χ4n) is 2.03. The summed E-state index contributed by atoms with van der Waals surface area (Å²) in [6.07, 6.45) is -7.68. The van der Waals surface area contributed by atoms with E-state index in [-0.39, 0.29) is 5.82 Å². The maximum atomic E-state index is 13.0. The van der Waals surface area contributed by atoms with Gasteiger partial charge in [-0.1, -0.05) is 0 Å². The molecule has 2 heterocycles. The van der Waals surface area contributed by atoms with Crippen molar-refractivity contribution in [2.75, 3.05) is 12.3 Å². The summed E-state index contributed by atoms with van der Waals surface area (Å²) >= 11 is 0. The number of aliphatic hydroxyl groups excluding tert-OH is 3. The molecule has 20 heavy (non-hydrogen) atoms. The number of nitrogen functional groups attached to an aromatic ring is 1. The molecular weight excluding hydrogens is 280 g/mol. The number of hydrogen-bond acceptors (Lipinski definition) is 7. The number of rotatable bonds is 3. The lowest BCUT2D eigenvalue weighted by Gasteiger charge is -2.28. The molecule has 0 radical (unpaired) electrons. The molecule has 0 amide bonds. The van der Waals surface area contributed by atoms with Crippen molar-refractivity contribution in [3.63, 3.8) is 0 Å². The van der Waals surface area contributed by atoms with Gasteiger partial charge in [0.1, 0.15) is 18.0 Å². The first-order chi connectivity index (χ1) is 9.33. The van der Waals surface area contributed by atoms with Crippen LogP contribution >= 0.6 is 0 Å². The van der Waals surface area contributed by atoms with Gasteiger partial charge in [-0.25, -0.2) is 13.6 Å². The Morgan fingerprint density at radius 1 is 1.55 bits per heavy atom. The molecule has 112 valence electrons. The summed E-state index contributed by atoms with van der Waals surface area (Å²) in [5.41, 5.74) is 1.68. The maximum Gasteiger partial charge on any atom is 0.351 e. The van der Waals surface area contributed by atoms with Crippen molar-refractivity contribution in [3.8, 4) is 0 Å². The van der Waals surface area contributed by atoms with E-state index in [1.54, 1.807) is 0 Å². The number of anilines is 1. The fourth-order valence-corrected chi connectivity index (χ4v) is 2.03. The normalized spacial score (nSPS) is 33.8. The summed E-state index contributed by atoms with van der Waals surface area (Å²) < 4.78 is 31.6. The number of halogens is 2. The molecule has 1 fully saturated rings. The zero-order valence-electron chi connectivity index (χ0n) is 10.1. The molecule has 1 aliphatic heterocycles. The Labute approximate surface area is 111 Å². The highest BCUT2D eigenvalue weighted by Crippen LogP contribution is 2.40. The van der Waals surface area contributed by atoms with Gasteiger partial charge in [0.2, 0.25) is 0 Å². The SMILES string of the molecule is Nc1ccn(C2O[C@@](CO)(C(F)F)[C@@H](O)[C@H]2O)c(=O)n1. The van der Waals surface area contributed by atoms with Crippen LogP contribution in [0.4, 0.5) is 14.6 Å². The molecule has 1 unspecified atom stereocenters. The Morgan fingerprint density at radius 3 is 2.65 bits per heavy atom. The van der Waals surface area contributed by atoms with Crippen molar-refractivity contribution in [3.05, 3.63) is 22.7 Å². The highest BCUT2D eigenvalue weighted by Gasteiger charge is 2.60. The van der Waals surface area contributed by atoms with Crippen LogP contribution in [0.25, 0.3) is 0 Å². The van der Waals surface area contributed by atoms with Crippen molar-refractivity contribution < 1.29 is 28.8 Å². The molecule has 2 rings (SSSR count). The van der Waals surface area contributed by atoms with Gasteiger partial charge in [0.15, 0.2) is 11.8 Å². The Kier molecular flexibility index (Phi) is 3.73. The summed E-state index contributed by atoms with van der Waals surface area (Å²) in [6.45, 7) is -1.23. The predicted molar refractivity (Wildman–Crippen MR) is 60.9 cm³/mol. The van der Waals surface area contributed by atoms with Crippen LogP contribution in [0.3, 0.4) is 0 Å². The van der Waals surface area contributed by atoms with E-state index >= 15 is 0 Å². The van der Waals surface area contributed by atoms with E-state index in [0.29, 0.717) is 4.57 Å². The van der Waals surface area contributed by atoms with Gasteiger partial charge < -0.3 is 25.8 Å². The largest absolute Gasteiger partial charge is 0.393 e. The summed E-state index contributed by atoms with van der Waals surface area (Å²) in [5, 5.41) is 28.5. The van der Waals surface area contributed by atoms with Gasteiger partial charge in [0.25, 0.3) is 6.43 Å². The Morgan fingerprint density at radius 2 is 2.20 bits per heavy atom. The first-order valence-electron chi connectivity index (χ1n) is 5.61. The standard InChI is InChI=1S/C10H13F2N3O5/c11-8(12)10(3-16)6(18)5(17)7(20-10)15-2-1-4(13)14-9(15)19/h1-2,5-8,16-18H,3H2,(H2,13,14,19)/t5-,6+,7?,10-/m1/s1. The molecule has 1 aromatic rings. The van der Waals surface area contributed by atoms with E-state index < -0.39 is 42.8 Å². The third kappa shape index (κ3) is 2.06. The predicted octanol–water partition coefficient (Wildman–Crippen LogP) is -1.93. The van der Waals surface area contributed by atoms with E-state index in [0.717, 1.165) is 6.20 Å². The van der Waals surface area contributed by atoms with Crippen LogP contribution in [0, 0.1) is 0 Å². The van der Waals surface area contributed by atoms with E-state index in [9.17, 15) is 23.8 Å². The molecule has 0 spiro atoms. The fraction of sp³-hybridized carbons (Fsp3) is 0.600. The second kappa shape index (κ2) is 5.05. The molecule has 0 bridgehead atoms. The number of hydrogen-bond donors (Lipinski definition) is 4. The van der Waals surface area contributed by atoms with Crippen molar-refractivity contribution >= 4 is 5.82 Å². The van der Waals surface area contributed by atoms with Crippen LogP contribution in [0.1, 0.15) is 6.23 Å². The molecule has 0 aliphatic carbocycles. The lowest BCUT2D eigenvalue weighted by atomic mass is 9.96. The quantitative estimate of drug-likeness (QED) is 0.510. The van der Waals surface area contributed by atoms with Crippen LogP contribution < -0.4 is 11.4 Å². The third-order valence-corrected chi connectivity index (χ3v) is 3.20. The van der Waals surface area contributed by atoms with Gasteiger partial charge in [-0.05, 0) is 6.07 Å². The highest BCUT2D eigenvalue weighted by atomic mass is 19.3. The topological polar surface area (TPSA) is 131 Å². The van der Waals surface area contributed by atoms with Gasteiger partial charge >= 0.3 is 5.69 Å². The van der Waals surface area contributed by atoms with Crippen molar-refractivity contribution in [2.45, 2.75) is 30.5 Å². The number of aromatic nitrogens is 2. The van der Waals surface area contributed by atoms with Crippen LogP contribution in [0.5, 0.6) is 0 Å². The molecular formula is C10H13F2N3O5. The van der Waals surface area contributed by atoms with Gasteiger partial charge in [0, 0.05) is 6.20 Å². The zero-order valence-corrected chi connectivity index (χ0v) is 10.1. The van der Waals surface area contributed by atoms with Crippen LogP contribution in [0.2, 0.25) is 0 Å². The maximum absolute atomic E-state index is 13.0. The zero-order chi connectivity index (χ0) is 15.1. The van der Waals surface area contributed by atoms with Gasteiger partial charge in [-0.3, -0.25) is 4.57 Å². The minimum absolute atomic E-state index is 0.0958. The minimum atomic E-state index is -3.26. The highest BCUT2D eigenvalue weighted by molar-refractivity contribution is 5.23. The molecule has 4 atom stereocenters. The van der Waals surface area contributed by atoms with E-state index in [4.69, 9.17) is 15.6 Å². The van der Waals surface area contributed by atoms with Gasteiger partial charge in [-0.15, -0.1) is 0 Å². The molecule has 1 aliphatic rings.